The van der Waals surface area contributed by atoms with Gasteiger partial charge in [0.05, 0.1) is 5.02 Å². The predicted octanol–water partition coefficient (Wildman–Crippen LogP) is 1.46. The first-order valence-corrected chi connectivity index (χ1v) is 8.13. The molecule has 0 unspecified atom stereocenters. The van der Waals surface area contributed by atoms with E-state index in [1.54, 1.807) is 47.4 Å². The van der Waals surface area contributed by atoms with E-state index in [9.17, 15) is 9.59 Å². The highest BCUT2D eigenvalue weighted by atomic mass is 35.5. The zero-order chi connectivity index (χ0) is 17.1. The van der Waals surface area contributed by atoms with Crippen molar-refractivity contribution in [1.29, 1.82) is 0 Å². The molecule has 0 saturated carbocycles. The van der Waals surface area contributed by atoms with Crippen molar-refractivity contribution in [1.82, 2.24) is 24.6 Å². The highest BCUT2D eigenvalue weighted by molar-refractivity contribution is 6.33. The van der Waals surface area contributed by atoms with Crippen LogP contribution in [0.4, 0.5) is 0 Å². The predicted molar refractivity (Wildman–Crippen MR) is 88.9 cm³/mol. The smallest absolute Gasteiger partial charge is 0.275 e. The van der Waals surface area contributed by atoms with Crippen molar-refractivity contribution in [2.75, 3.05) is 26.2 Å². The maximum absolute atomic E-state index is 12.6. The number of rotatable bonds is 2. The minimum absolute atomic E-state index is 0.110. The van der Waals surface area contributed by atoms with Crippen LogP contribution in [0.3, 0.4) is 0 Å². The molecule has 0 radical (unpaired) electrons. The third kappa shape index (κ3) is 3.41. The number of aryl methyl sites for hydroxylation is 1. The fourth-order valence-electron chi connectivity index (χ4n) is 2.73. The Hall–Kier alpha value is -2.41. The Bertz CT molecular complexity index is 746. The summed E-state index contributed by atoms with van der Waals surface area (Å²) in [5, 5.41) is 4.46. The van der Waals surface area contributed by atoms with Crippen LogP contribution in [0.15, 0.2) is 30.6 Å². The van der Waals surface area contributed by atoms with Crippen LogP contribution in [0.1, 0.15) is 27.4 Å². The summed E-state index contributed by atoms with van der Waals surface area (Å²) in [5.41, 5.74) is 0.675. The van der Waals surface area contributed by atoms with Crippen LogP contribution in [-0.2, 0) is 7.05 Å². The van der Waals surface area contributed by atoms with Gasteiger partial charge in [-0.05, 0) is 18.6 Å². The van der Waals surface area contributed by atoms with E-state index in [2.05, 4.69) is 10.1 Å². The van der Waals surface area contributed by atoms with Gasteiger partial charge in [0, 0.05) is 45.6 Å². The molecule has 126 valence electrons. The van der Waals surface area contributed by atoms with Crippen molar-refractivity contribution in [2.45, 2.75) is 6.42 Å². The lowest BCUT2D eigenvalue weighted by Crippen LogP contribution is -2.37. The van der Waals surface area contributed by atoms with Gasteiger partial charge in [0.25, 0.3) is 11.8 Å². The standard InChI is InChI=1S/C16H18ClN5O2/c1-20-11-12(17)14(19-20)16(24)22-8-4-7-21(9-10-22)15(23)13-5-2-3-6-18-13/h2-3,5-6,11H,4,7-10H2,1H3. The molecule has 7 nitrogen and oxygen atoms in total. The molecule has 0 spiro atoms. The normalized spacial score (nSPS) is 15.2. The second-order valence-corrected chi connectivity index (χ2v) is 6.06. The Morgan fingerprint density at radius 1 is 1.08 bits per heavy atom. The maximum atomic E-state index is 12.6. The summed E-state index contributed by atoms with van der Waals surface area (Å²) in [4.78, 5) is 32.6. The molecule has 8 heteroatoms. The third-order valence-electron chi connectivity index (χ3n) is 3.94. The van der Waals surface area contributed by atoms with E-state index in [0.717, 1.165) is 0 Å². The number of pyridine rings is 1. The summed E-state index contributed by atoms with van der Waals surface area (Å²) in [7, 11) is 1.72. The van der Waals surface area contributed by atoms with Crippen LogP contribution in [0.2, 0.25) is 5.02 Å². The number of carbonyl (C=O) groups is 2. The van der Waals surface area contributed by atoms with Gasteiger partial charge in [-0.3, -0.25) is 19.3 Å². The van der Waals surface area contributed by atoms with Gasteiger partial charge in [0.15, 0.2) is 5.69 Å². The van der Waals surface area contributed by atoms with Crippen molar-refractivity contribution in [3.8, 4) is 0 Å². The largest absolute Gasteiger partial charge is 0.335 e. The first-order chi connectivity index (χ1) is 11.6. The first kappa shape index (κ1) is 16.4. The zero-order valence-electron chi connectivity index (χ0n) is 13.4. The van der Waals surface area contributed by atoms with Gasteiger partial charge < -0.3 is 9.80 Å². The molecule has 1 aliphatic heterocycles. The summed E-state index contributed by atoms with van der Waals surface area (Å²) in [6.07, 6.45) is 3.90. The van der Waals surface area contributed by atoms with Crippen LogP contribution in [0, 0.1) is 0 Å². The molecule has 0 aromatic carbocycles. The Balaban J connectivity index is 1.68. The Labute approximate surface area is 144 Å². The number of hydrogen-bond acceptors (Lipinski definition) is 4. The van der Waals surface area contributed by atoms with E-state index in [1.165, 1.54) is 4.68 Å². The van der Waals surface area contributed by atoms with Crippen molar-refractivity contribution >= 4 is 23.4 Å². The molecule has 1 saturated heterocycles. The van der Waals surface area contributed by atoms with E-state index >= 15 is 0 Å². The van der Waals surface area contributed by atoms with Crippen molar-refractivity contribution in [3.63, 3.8) is 0 Å². The molecule has 0 N–H and O–H groups in total. The molecule has 3 heterocycles. The topological polar surface area (TPSA) is 71.3 Å². The van der Waals surface area contributed by atoms with Gasteiger partial charge in [-0.2, -0.15) is 5.10 Å². The molecule has 3 rings (SSSR count). The van der Waals surface area contributed by atoms with Gasteiger partial charge in [0.2, 0.25) is 0 Å². The molecular formula is C16H18ClN5O2. The van der Waals surface area contributed by atoms with Gasteiger partial charge in [-0.15, -0.1) is 0 Å². The number of nitrogens with zero attached hydrogens (tertiary/aromatic N) is 5. The van der Waals surface area contributed by atoms with E-state index in [0.29, 0.717) is 43.3 Å². The monoisotopic (exact) mass is 347 g/mol. The van der Waals surface area contributed by atoms with Gasteiger partial charge in [-0.25, -0.2) is 0 Å². The van der Waals surface area contributed by atoms with Crippen LogP contribution in [0.5, 0.6) is 0 Å². The summed E-state index contributed by atoms with van der Waals surface area (Å²) < 4.78 is 1.52. The minimum atomic E-state index is -0.201. The van der Waals surface area contributed by atoms with Gasteiger partial charge in [0.1, 0.15) is 5.69 Å². The van der Waals surface area contributed by atoms with Gasteiger partial charge >= 0.3 is 0 Å². The van der Waals surface area contributed by atoms with Gasteiger partial charge in [-0.1, -0.05) is 17.7 Å². The van der Waals surface area contributed by atoms with E-state index in [1.807, 2.05) is 0 Å². The number of amides is 2. The summed E-state index contributed by atoms with van der Waals surface area (Å²) in [5.74, 6) is -0.312. The lowest BCUT2D eigenvalue weighted by molar-refractivity contribution is 0.0712. The Morgan fingerprint density at radius 2 is 1.79 bits per heavy atom. The third-order valence-corrected chi connectivity index (χ3v) is 4.22. The summed E-state index contributed by atoms with van der Waals surface area (Å²) in [6.45, 7) is 2.07. The SMILES string of the molecule is Cn1cc(Cl)c(C(=O)N2CCCN(C(=O)c3ccccn3)CC2)n1. The highest BCUT2D eigenvalue weighted by Crippen LogP contribution is 2.17. The molecule has 1 fully saturated rings. The molecule has 1 aliphatic rings. The van der Waals surface area contributed by atoms with Crippen LogP contribution >= 0.6 is 11.6 Å². The molecule has 24 heavy (non-hydrogen) atoms. The molecule has 0 atom stereocenters. The number of hydrogen-bond donors (Lipinski definition) is 0. The van der Waals surface area contributed by atoms with Crippen LogP contribution in [0.25, 0.3) is 0 Å². The van der Waals surface area contributed by atoms with Crippen molar-refractivity contribution < 1.29 is 9.59 Å². The lowest BCUT2D eigenvalue weighted by Gasteiger charge is -2.21. The highest BCUT2D eigenvalue weighted by Gasteiger charge is 2.26. The number of carbonyl (C=O) groups excluding carboxylic acids is 2. The maximum Gasteiger partial charge on any atom is 0.275 e. The molecule has 0 aliphatic carbocycles. The minimum Gasteiger partial charge on any atom is -0.335 e. The fraction of sp³-hybridized carbons (Fsp3) is 0.375. The van der Waals surface area contributed by atoms with E-state index < -0.39 is 0 Å². The lowest BCUT2D eigenvalue weighted by atomic mass is 10.3. The summed E-state index contributed by atoms with van der Waals surface area (Å²) >= 11 is 6.06. The molecule has 2 aromatic heterocycles. The number of halogens is 1. The van der Waals surface area contributed by atoms with E-state index in [4.69, 9.17) is 11.6 Å². The van der Waals surface area contributed by atoms with Crippen LogP contribution < -0.4 is 0 Å². The average Bonchev–Trinajstić information content (AvgIpc) is 2.79. The van der Waals surface area contributed by atoms with Crippen molar-refractivity contribution in [3.05, 3.63) is 47.0 Å². The zero-order valence-corrected chi connectivity index (χ0v) is 14.1. The van der Waals surface area contributed by atoms with Crippen molar-refractivity contribution in [2.24, 2.45) is 7.05 Å². The second-order valence-electron chi connectivity index (χ2n) is 5.65. The molecular weight excluding hydrogens is 330 g/mol. The quantitative estimate of drug-likeness (QED) is 0.824. The molecule has 2 aromatic rings. The fourth-order valence-corrected chi connectivity index (χ4v) is 2.99. The Morgan fingerprint density at radius 3 is 2.38 bits per heavy atom. The molecule has 0 bridgehead atoms. The first-order valence-electron chi connectivity index (χ1n) is 7.75. The number of aromatic nitrogens is 3. The van der Waals surface area contributed by atoms with Crippen LogP contribution in [-0.4, -0.2) is 62.6 Å². The van der Waals surface area contributed by atoms with E-state index in [-0.39, 0.29) is 17.5 Å². The molecule has 2 amide bonds. The average molecular weight is 348 g/mol. The Kier molecular flexibility index (Phi) is 4.80. The second kappa shape index (κ2) is 7.00. The summed E-state index contributed by atoms with van der Waals surface area (Å²) in [6, 6.07) is 5.26.